The summed E-state index contributed by atoms with van der Waals surface area (Å²) in [6.07, 6.45) is 5.12. The van der Waals surface area contributed by atoms with Gasteiger partial charge in [-0.05, 0) is 0 Å². The maximum absolute atomic E-state index is 12.5. The molecule has 2 N–H and O–H groups in total. The second-order valence-corrected chi connectivity index (χ2v) is 6.21. The van der Waals surface area contributed by atoms with Gasteiger partial charge < -0.3 is 10.3 Å². The lowest BCUT2D eigenvalue weighted by atomic mass is 9.86. The van der Waals surface area contributed by atoms with Crippen molar-refractivity contribution in [2.45, 2.75) is 17.5 Å². The number of amides is 1. The summed E-state index contributed by atoms with van der Waals surface area (Å²) in [5.74, 6) is 1.74. The number of aromatic amines is 1. The quantitative estimate of drug-likeness (QED) is 0.284. The number of thioether (sulfide) groups is 1. The Balaban J connectivity index is 2.15. The average molecular weight is 356 g/mol. The van der Waals surface area contributed by atoms with Gasteiger partial charge in [0.25, 0.3) is 11.2 Å². The number of H-pyrrole nitrogens is 1. The third-order valence-corrected chi connectivity index (χ3v) is 4.51. The Kier molecular flexibility index (Phi) is 4.54. The van der Waals surface area contributed by atoms with Gasteiger partial charge in [0.15, 0.2) is 5.16 Å². The lowest BCUT2D eigenvalue weighted by Crippen LogP contribution is -2.31. The predicted molar refractivity (Wildman–Crippen MR) is 92.6 cm³/mol. The van der Waals surface area contributed by atoms with Crippen LogP contribution in [0.1, 0.15) is 23.5 Å². The van der Waals surface area contributed by atoms with Crippen LogP contribution in [0.2, 0.25) is 0 Å². The molecule has 0 aliphatic carbocycles. The number of terminal acetylenes is 1. The van der Waals surface area contributed by atoms with Crippen LogP contribution >= 0.6 is 11.8 Å². The summed E-state index contributed by atoms with van der Waals surface area (Å²) < 4.78 is 0. The molecule has 0 saturated heterocycles. The number of fused-ring (bicyclic) bond motifs is 1. The summed E-state index contributed by atoms with van der Waals surface area (Å²) in [7, 11) is 0. The minimum atomic E-state index is -0.742. The smallest absolute Gasteiger partial charge is 0.273 e. The van der Waals surface area contributed by atoms with Crippen LogP contribution in [0, 0.1) is 22.5 Å². The number of para-hydroxylation sites is 1. The largest absolute Gasteiger partial charge is 0.310 e. The van der Waals surface area contributed by atoms with E-state index < -0.39 is 16.4 Å². The third kappa shape index (κ3) is 3.25. The van der Waals surface area contributed by atoms with Gasteiger partial charge in [0.1, 0.15) is 5.82 Å². The Morgan fingerprint density at radius 3 is 2.88 bits per heavy atom. The molecule has 1 atom stereocenters. The van der Waals surface area contributed by atoms with Crippen LogP contribution in [0.3, 0.4) is 0 Å². The molecule has 2 aromatic rings. The van der Waals surface area contributed by atoms with E-state index in [2.05, 4.69) is 21.2 Å². The van der Waals surface area contributed by atoms with E-state index in [1.165, 1.54) is 12.1 Å². The van der Waals surface area contributed by atoms with E-state index in [1.54, 1.807) is 12.1 Å². The molecule has 0 saturated carbocycles. The molecular weight excluding hydrogens is 344 g/mol. The van der Waals surface area contributed by atoms with Crippen molar-refractivity contribution < 1.29 is 9.72 Å². The lowest BCUT2D eigenvalue weighted by Gasteiger charge is -2.24. The van der Waals surface area contributed by atoms with E-state index in [9.17, 15) is 19.7 Å². The monoisotopic (exact) mass is 356 g/mol. The number of nitrogens with zero attached hydrogens (tertiary/aromatic N) is 2. The molecule has 1 aliphatic rings. The molecule has 8 nitrogen and oxygen atoms in total. The highest BCUT2D eigenvalue weighted by molar-refractivity contribution is 7.99. The second kappa shape index (κ2) is 6.78. The van der Waals surface area contributed by atoms with Crippen LogP contribution in [0.15, 0.2) is 34.2 Å². The molecular formula is C16H12N4O4S. The summed E-state index contributed by atoms with van der Waals surface area (Å²) in [6.45, 7) is 0. The van der Waals surface area contributed by atoms with Crippen LogP contribution in [0.4, 0.5) is 11.5 Å². The molecule has 0 bridgehead atoms. The number of rotatable bonds is 4. The van der Waals surface area contributed by atoms with E-state index in [1.807, 2.05) is 0 Å². The fourth-order valence-corrected chi connectivity index (χ4v) is 3.28. The van der Waals surface area contributed by atoms with Crippen molar-refractivity contribution in [3.63, 3.8) is 0 Å². The van der Waals surface area contributed by atoms with Crippen LogP contribution in [0.5, 0.6) is 0 Å². The number of carbonyl (C=O) groups excluding carboxylic acids is 1. The first-order chi connectivity index (χ1) is 12.0. The topological polar surface area (TPSA) is 118 Å². The fraction of sp³-hybridized carbons (Fsp3) is 0.188. The van der Waals surface area contributed by atoms with Gasteiger partial charge in [0.05, 0.1) is 16.2 Å². The molecule has 1 aromatic carbocycles. The van der Waals surface area contributed by atoms with Crippen LogP contribution in [-0.4, -0.2) is 26.6 Å². The van der Waals surface area contributed by atoms with Crippen molar-refractivity contribution in [2.75, 3.05) is 11.1 Å². The summed E-state index contributed by atoms with van der Waals surface area (Å²) in [5.41, 5.74) is -0.0788. The molecule has 1 aliphatic heterocycles. The van der Waals surface area contributed by atoms with E-state index >= 15 is 0 Å². The number of aromatic nitrogens is 2. The van der Waals surface area contributed by atoms with Gasteiger partial charge in [-0.3, -0.25) is 19.7 Å². The molecule has 25 heavy (non-hydrogen) atoms. The highest BCUT2D eigenvalue weighted by Crippen LogP contribution is 2.38. The van der Waals surface area contributed by atoms with E-state index in [0.717, 1.165) is 11.8 Å². The SMILES string of the molecule is C#CCSc1nc2c(c(=O)[nH]1)C(c1ccccc1[N+](=O)[O-])CC(=O)N2. The lowest BCUT2D eigenvalue weighted by molar-refractivity contribution is -0.385. The predicted octanol–water partition coefficient (Wildman–Crippen LogP) is 1.88. The first-order valence-electron chi connectivity index (χ1n) is 7.25. The van der Waals surface area contributed by atoms with Gasteiger partial charge in [-0.15, -0.1) is 6.42 Å². The Bertz CT molecular complexity index is 963. The number of nitro groups is 1. The molecule has 1 amide bonds. The summed E-state index contributed by atoms with van der Waals surface area (Å²) >= 11 is 1.15. The molecule has 0 spiro atoms. The molecule has 9 heteroatoms. The number of anilines is 1. The minimum Gasteiger partial charge on any atom is -0.310 e. The number of carbonyl (C=O) groups is 1. The van der Waals surface area contributed by atoms with Crippen LogP contribution in [0.25, 0.3) is 0 Å². The van der Waals surface area contributed by atoms with Gasteiger partial charge in [-0.2, -0.15) is 0 Å². The summed E-state index contributed by atoms with van der Waals surface area (Å²) in [5, 5.41) is 14.1. The third-order valence-electron chi connectivity index (χ3n) is 3.73. The van der Waals surface area contributed by atoms with Crippen molar-refractivity contribution in [2.24, 2.45) is 0 Å². The molecule has 1 unspecified atom stereocenters. The highest BCUT2D eigenvalue weighted by Gasteiger charge is 2.34. The Morgan fingerprint density at radius 1 is 1.40 bits per heavy atom. The highest BCUT2D eigenvalue weighted by atomic mass is 32.2. The van der Waals surface area contributed by atoms with Crippen molar-refractivity contribution in [1.82, 2.24) is 9.97 Å². The van der Waals surface area contributed by atoms with Crippen molar-refractivity contribution in [3.05, 3.63) is 55.9 Å². The van der Waals surface area contributed by atoms with Crippen LogP contribution in [-0.2, 0) is 4.79 Å². The normalized spacial score (nSPS) is 15.8. The van der Waals surface area contributed by atoms with Gasteiger partial charge in [-0.1, -0.05) is 35.9 Å². The molecule has 2 heterocycles. The maximum atomic E-state index is 12.5. The standard InChI is InChI=1S/C16H12N4O4S/c1-2-7-25-16-18-14-13(15(22)19-16)10(8-12(21)17-14)9-5-3-4-6-11(9)20(23)24/h1,3-6,10H,7-8H2,(H2,17,18,19,21,22). The maximum Gasteiger partial charge on any atom is 0.273 e. The Morgan fingerprint density at radius 2 is 2.16 bits per heavy atom. The van der Waals surface area contributed by atoms with Gasteiger partial charge >= 0.3 is 0 Å². The molecule has 0 radical (unpaired) electrons. The van der Waals surface area contributed by atoms with E-state index in [-0.39, 0.29) is 34.6 Å². The van der Waals surface area contributed by atoms with Gasteiger partial charge in [0, 0.05) is 24.0 Å². The number of hydrogen-bond donors (Lipinski definition) is 2. The number of nitrogens with one attached hydrogen (secondary N) is 2. The zero-order valence-corrected chi connectivity index (χ0v) is 13.6. The summed E-state index contributed by atoms with van der Waals surface area (Å²) in [4.78, 5) is 42.2. The first-order valence-corrected chi connectivity index (χ1v) is 8.23. The average Bonchev–Trinajstić information content (AvgIpc) is 2.58. The zero-order chi connectivity index (χ0) is 18.0. The van der Waals surface area contributed by atoms with Gasteiger partial charge in [0.2, 0.25) is 5.91 Å². The fourth-order valence-electron chi connectivity index (χ4n) is 2.74. The van der Waals surface area contributed by atoms with Crippen molar-refractivity contribution in [3.8, 4) is 12.3 Å². The number of nitro benzene ring substituents is 1. The second-order valence-electron chi connectivity index (χ2n) is 5.25. The van der Waals surface area contributed by atoms with E-state index in [0.29, 0.717) is 11.3 Å². The zero-order valence-electron chi connectivity index (χ0n) is 12.8. The van der Waals surface area contributed by atoms with E-state index in [4.69, 9.17) is 6.42 Å². The van der Waals surface area contributed by atoms with Gasteiger partial charge in [-0.25, -0.2) is 4.98 Å². The number of hydrogen-bond acceptors (Lipinski definition) is 6. The van der Waals surface area contributed by atoms with Crippen molar-refractivity contribution >= 4 is 29.2 Å². The Hall–Kier alpha value is -3.12. The summed E-state index contributed by atoms with van der Waals surface area (Å²) in [6, 6.07) is 6.06. The molecule has 126 valence electrons. The molecule has 0 fully saturated rings. The Labute approximate surface area is 146 Å². The van der Waals surface area contributed by atoms with Crippen LogP contribution < -0.4 is 10.9 Å². The first kappa shape index (κ1) is 16.7. The molecule has 1 aromatic heterocycles. The van der Waals surface area contributed by atoms with Crippen molar-refractivity contribution in [1.29, 1.82) is 0 Å². The molecule has 3 rings (SSSR count). The number of benzene rings is 1. The minimum absolute atomic E-state index is 0.0700.